The third-order valence-electron chi connectivity index (χ3n) is 6.04. The molecule has 0 radical (unpaired) electrons. The summed E-state index contributed by atoms with van der Waals surface area (Å²) in [7, 11) is 1.47. The fourth-order valence-corrected chi connectivity index (χ4v) is 4.19. The van der Waals surface area contributed by atoms with Crippen molar-refractivity contribution < 1.29 is 52.6 Å². The maximum absolute atomic E-state index is 13.2. The summed E-state index contributed by atoms with van der Waals surface area (Å²) >= 11 is 0. The zero-order chi connectivity index (χ0) is 26.9. The Bertz CT molecular complexity index is 1250. The van der Waals surface area contributed by atoms with Crippen molar-refractivity contribution in [3.63, 3.8) is 0 Å². The lowest BCUT2D eigenvalue weighted by Crippen LogP contribution is -2.64. The molecule has 200 valence electrons. The molecule has 3 unspecified atom stereocenters. The predicted molar refractivity (Wildman–Crippen MR) is 122 cm³/mol. The molecule has 0 aliphatic carbocycles. The van der Waals surface area contributed by atoms with Crippen LogP contribution in [0.3, 0.4) is 0 Å². The molecule has 5 N–H and O–H groups in total. The van der Waals surface area contributed by atoms with Gasteiger partial charge in [-0.1, -0.05) is 12.1 Å². The van der Waals surface area contributed by atoms with E-state index in [0.717, 1.165) is 0 Å². The summed E-state index contributed by atoms with van der Waals surface area (Å²) in [4.78, 5) is 13.2. The number of halogens is 3. The van der Waals surface area contributed by atoms with Gasteiger partial charge in [0.25, 0.3) is 5.91 Å². The number of carbonyl (C=O) groups is 1. The zero-order valence-electron chi connectivity index (χ0n) is 19.4. The molecule has 3 aromatic rings. The second-order valence-corrected chi connectivity index (χ2v) is 8.47. The molecular formula is C24H25F3N2O8. The van der Waals surface area contributed by atoms with Gasteiger partial charge in [0.15, 0.2) is 6.29 Å². The molecule has 4 rings (SSSR count). The monoisotopic (exact) mass is 526 g/mol. The van der Waals surface area contributed by atoms with E-state index in [4.69, 9.17) is 9.47 Å². The van der Waals surface area contributed by atoms with Gasteiger partial charge in [0.2, 0.25) is 0 Å². The van der Waals surface area contributed by atoms with E-state index in [0.29, 0.717) is 22.2 Å². The van der Waals surface area contributed by atoms with Crippen LogP contribution in [0.25, 0.3) is 10.9 Å². The molecule has 2 aromatic carbocycles. The predicted octanol–water partition coefficient (Wildman–Crippen LogP) is 1.13. The van der Waals surface area contributed by atoms with Gasteiger partial charge in [-0.05, 0) is 29.8 Å². The molecule has 37 heavy (non-hydrogen) atoms. The largest absolute Gasteiger partial charge is 0.573 e. The van der Waals surface area contributed by atoms with Gasteiger partial charge >= 0.3 is 6.36 Å². The Kier molecular flexibility index (Phi) is 7.62. The van der Waals surface area contributed by atoms with Crippen LogP contribution >= 0.6 is 0 Å². The van der Waals surface area contributed by atoms with Gasteiger partial charge in [-0.3, -0.25) is 4.79 Å². The SMILES string of the molecule is COc1ccc2c(C(=O)N[C@H]3C(O)OC(CO)[C@@H](O)C3O)cn(Cc3ccc(OC(F)(F)F)cc3)c2c1. The smallest absolute Gasteiger partial charge is 0.497 e. The number of ether oxygens (including phenoxy) is 3. The van der Waals surface area contributed by atoms with Crippen LogP contribution in [-0.4, -0.2) is 81.6 Å². The van der Waals surface area contributed by atoms with Gasteiger partial charge in [-0.15, -0.1) is 13.2 Å². The normalized spacial score (nSPS) is 24.2. The van der Waals surface area contributed by atoms with Crippen LogP contribution in [0.1, 0.15) is 15.9 Å². The number of amides is 1. The van der Waals surface area contributed by atoms with Crippen molar-refractivity contribution in [2.45, 2.75) is 43.6 Å². The van der Waals surface area contributed by atoms with Crippen molar-refractivity contribution in [3.05, 3.63) is 59.8 Å². The quantitative estimate of drug-likeness (QED) is 0.309. The van der Waals surface area contributed by atoms with Gasteiger partial charge < -0.3 is 44.5 Å². The fourth-order valence-electron chi connectivity index (χ4n) is 4.19. The summed E-state index contributed by atoms with van der Waals surface area (Å²) in [6, 6.07) is 8.84. The van der Waals surface area contributed by atoms with E-state index >= 15 is 0 Å². The van der Waals surface area contributed by atoms with Crippen molar-refractivity contribution in [3.8, 4) is 11.5 Å². The number of fused-ring (bicyclic) bond motifs is 1. The van der Waals surface area contributed by atoms with E-state index < -0.39 is 49.5 Å². The maximum Gasteiger partial charge on any atom is 0.573 e. The molecule has 10 nitrogen and oxygen atoms in total. The number of carbonyl (C=O) groups excluding carboxylic acids is 1. The Morgan fingerprint density at radius 3 is 2.38 bits per heavy atom. The number of benzene rings is 2. The third kappa shape index (κ3) is 5.81. The van der Waals surface area contributed by atoms with Crippen LogP contribution in [0, 0.1) is 0 Å². The van der Waals surface area contributed by atoms with E-state index in [2.05, 4.69) is 10.1 Å². The first-order valence-electron chi connectivity index (χ1n) is 11.1. The molecule has 1 fully saturated rings. The second-order valence-electron chi connectivity index (χ2n) is 8.47. The van der Waals surface area contributed by atoms with E-state index in [1.807, 2.05) is 0 Å². The van der Waals surface area contributed by atoms with Gasteiger partial charge in [0, 0.05) is 24.2 Å². The molecule has 2 heterocycles. The number of nitrogens with one attached hydrogen (secondary N) is 1. The molecule has 1 aliphatic heterocycles. The van der Waals surface area contributed by atoms with Crippen LogP contribution in [0.4, 0.5) is 13.2 Å². The molecule has 0 saturated carbocycles. The molecule has 0 spiro atoms. The molecular weight excluding hydrogens is 501 g/mol. The van der Waals surface area contributed by atoms with E-state index in [9.17, 15) is 38.4 Å². The second kappa shape index (κ2) is 10.6. The number of hydrogen-bond donors (Lipinski definition) is 5. The molecule has 1 aliphatic rings. The average molecular weight is 526 g/mol. The van der Waals surface area contributed by atoms with E-state index in [1.54, 1.807) is 22.8 Å². The minimum absolute atomic E-state index is 0.160. The van der Waals surface area contributed by atoms with Gasteiger partial charge in [-0.25, -0.2) is 0 Å². The molecule has 0 bridgehead atoms. The first-order valence-corrected chi connectivity index (χ1v) is 11.1. The average Bonchev–Trinajstić information content (AvgIpc) is 3.21. The Morgan fingerprint density at radius 2 is 1.76 bits per heavy atom. The summed E-state index contributed by atoms with van der Waals surface area (Å²) < 4.78 is 53.3. The first-order chi connectivity index (χ1) is 17.5. The number of nitrogens with zero attached hydrogens (tertiary/aromatic N) is 1. The van der Waals surface area contributed by atoms with Crippen LogP contribution < -0.4 is 14.8 Å². The molecule has 1 aromatic heterocycles. The van der Waals surface area contributed by atoms with Crippen LogP contribution in [0.2, 0.25) is 0 Å². The summed E-state index contributed by atoms with van der Waals surface area (Å²) in [5.74, 6) is -0.561. The maximum atomic E-state index is 13.2. The Labute approximate surface area is 208 Å². The minimum atomic E-state index is -4.81. The lowest BCUT2D eigenvalue weighted by Gasteiger charge is -2.40. The number of aromatic nitrogens is 1. The highest BCUT2D eigenvalue weighted by Crippen LogP contribution is 2.29. The number of hydrogen-bond acceptors (Lipinski definition) is 8. The third-order valence-corrected chi connectivity index (χ3v) is 6.04. The highest BCUT2D eigenvalue weighted by molar-refractivity contribution is 6.07. The Morgan fingerprint density at radius 1 is 1.08 bits per heavy atom. The number of aliphatic hydroxyl groups excluding tert-OH is 4. The van der Waals surface area contributed by atoms with Gasteiger partial charge in [0.05, 0.1) is 24.8 Å². The summed E-state index contributed by atoms with van der Waals surface area (Å²) in [6.07, 6.45) is -9.37. The van der Waals surface area contributed by atoms with Gasteiger partial charge in [0.1, 0.15) is 35.9 Å². The summed E-state index contributed by atoms with van der Waals surface area (Å²) in [5.41, 5.74) is 1.35. The molecule has 1 amide bonds. The fraction of sp³-hybridized carbons (Fsp3) is 0.375. The van der Waals surface area contributed by atoms with Crippen molar-refractivity contribution in [1.29, 1.82) is 0 Å². The minimum Gasteiger partial charge on any atom is -0.497 e. The topological polar surface area (TPSA) is 143 Å². The molecule has 13 heteroatoms. The van der Waals surface area contributed by atoms with Crippen LogP contribution in [-0.2, 0) is 11.3 Å². The van der Waals surface area contributed by atoms with Crippen molar-refractivity contribution in [1.82, 2.24) is 9.88 Å². The lowest BCUT2D eigenvalue weighted by atomic mass is 9.96. The standard InChI is InChI=1S/C24H25F3N2O8/c1-35-14-6-7-15-16(22(33)28-19-21(32)20(31)18(11-30)36-23(19)34)10-29(17(15)8-14)9-12-2-4-13(5-3-12)37-24(25,26)27/h2-8,10,18-21,23,30-32,34H,9,11H2,1H3,(H,28,33)/t18?,19-,20-,21?,23?/m1/s1. The number of rotatable bonds is 7. The highest BCUT2D eigenvalue weighted by Gasteiger charge is 2.44. The summed E-state index contributed by atoms with van der Waals surface area (Å²) in [6.45, 7) is -0.466. The van der Waals surface area contributed by atoms with Gasteiger partial charge in [-0.2, -0.15) is 0 Å². The Balaban J connectivity index is 1.61. The Hall–Kier alpha value is -3.36. The van der Waals surface area contributed by atoms with Crippen molar-refractivity contribution in [2.75, 3.05) is 13.7 Å². The van der Waals surface area contributed by atoms with Crippen LogP contribution in [0.15, 0.2) is 48.7 Å². The summed E-state index contributed by atoms with van der Waals surface area (Å²) in [5, 5.41) is 42.9. The number of alkyl halides is 3. The van der Waals surface area contributed by atoms with Crippen molar-refractivity contribution >= 4 is 16.8 Å². The molecule has 1 saturated heterocycles. The van der Waals surface area contributed by atoms with Crippen molar-refractivity contribution in [2.24, 2.45) is 0 Å². The van der Waals surface area contributed by atoms with E-state index in [1.165, 1.54) is 37.6 Å². The van der Waals surface area contributed by atoms with Crippen LogP contribution in [0.5, 0.6) is 11.5 Å². The first kappa shape index (κ1) is 26.7. The lowest BCUT2D eigenvalue weighted by molar-refractivity contribution is -0.274. The zero-order valence-corrected chi connectivity index (χ0v) is 19.4. The van der Waals surface area contributed by atoms with E-state index in [-0.39, 0.29) is 17.9 Å². The highest BCUT2D eigenvalue weighted by atomic mass is 19.4. The number of methoxy groups -OCH3 is 1. The number of aliphatic hydroxyl groups is 4. The molecule has 5 atom stereocenters.